The van der Waals surface area contributed by atoms with Gasteiger partial charge in [-0.2, -0.15) is 0 Å². The van der Waals surface area contributed by atoms with E-state index in [4.69, 9.17) is 4.74 Å². The number of pyridine rings is 1. The Morgan fingerprint density at radius 1 is 1.11 bits per heavy atom. The third-order valence-corrected chi connectivity index (χ3v) is 5.37. The van der Waals surface area contributed by atoms with Crippen LogP contribution in [0.2, 0.25) is 0 Å². The largest absolute Gasteiger partial charge is 0.477 e. The summed E-state index contributed by atoms with van der Waals surface area (Å²) >= 11 is 0. The fraction of sp³-hybridized carbons (Fsp3) is 0.455. The highest BCUT2D eigenvalue weighted by molar-refractivity contribution is 5.73. The van der Waals surface area contributed by atoms with Crippen molar-refractivity contribution in [2.24, 2.45) is 11.8 Å². The van der Waals surface area contributed by atoms with Crippen LogP contribution in [-0.4, -0.2) is 37.3 Å². The molecule has 28 heavy (non-hydrogen) atoms. The van der Waals surface area contributed by atoms with Crippen LogP contribution in [0, 0.1) is 11.8 Å². The number of hydrogen-bond donors (Lipinski definition) is 2. The van der Waals surface area contributed by atoms with Crippen molar-refractivity contribution in [2.75, 3.05) is 31.1 Å². The fourth-order valence-corrected chi connectivity index (χ4v) is 3.48. The van der Waals surface area contributed by atoms with E-state index < -0.39 is 0 Å². The third kappa shape index (κ3) is 5.38. The predicted molar refractivity (Wildman–Crippen MR) is 109 cm³/mol. The summed E-state index contributed by atoms with van der Waals surface area (Å²) in [5.41, 5.74) is 2.25. The van der Waals surface area contributed by atoms with Gasteiger partial charge in [-0.05, 0) is 54.9 Å². The van der Waals surface area contributed by atoms with Gasteiger partial charge >= 0.3 is 6.03 Å². The second-order valence-corrected chi connectivity index (χ2v) is 7.76. The summed E-state index contributed by atoms with van der Waals surface area (Å²) in [6.45, 7) is 3.93. The van der Waals surface area contributed by atoms with E-state index in [0.717, 1.165) is 31.7 Å². The van der Waals surface area contributed by atoms with Gasteiger partial charge in [0.15, 0.2) is 0 Å². The molecule has 1 aromatic carbocycles. The topological polar surface area (TPSA) is 66.5 Å². The van der Waals surface area contributed by atoms with Crippen molar-refractivity contribution < 1.29 is 9.53 Å². The van der Waals surface area contributed by atoms with Gasteiger partial charge in [-0.15, -0.1) is 0 Å². The summed E-state index contributed by atoms with van der Waals surface area (Å²) in [4.78, 5) is 18.8. The number of carbonyl (C=O) groups is 1. The van der Waals surface area contributed by atoms with Gasteiger partial charge in [0.05, 0.1) is 6.61 Å². The van der Waals surface area contributed by atoms with Gasteiger partial charge in [0.1, 0.15) is 0 Å². The van der Waals surface area contributed by atoms with Gasteiger partial charge in [0, 0.05) is 44.1 Å². The van der Waals surface area contributed by atoms with Crippen LogP contribution in [0.15, 0.2) is 48.7 Å². The average Bonchev–Trinajstić information content (AvgIpc) is 3.45. The van der Waals surface area contributed by atoms with Crippen LogP contribution in [0.3, 0.4) is 0 Å². The molecule has 4 rings (SSSR count). The lowest BCUT2D eigenvalue weighted by molar-refractivity contribution is 0.239. The number of anilines is 1. The molecule has 148 valence electrons. The number of carbonyl (C=O) groups excluding carboxylic acids is 1. The first-order valence-electron chi connectivity index (χ1n) is 10.2. The monoisotopic (exact) mass is 380 g/mol. The number of urea groups is 1. The van der Waals surface area contributed by atoms with Gasteiger partial charge in [-0.25, -0.2) is 9.78 Å². The van der Waals surface area contributed by atoms with Gasteiger partial charge < -0.3 is 20.3 Å². The molecule has 2 aromatic rings. The molecule has 2 fully saturated rings. The van der Waals surface area contributed by atoms with Crippen LogP contribution >= 0.6 is 0 Å². The molecule has 1 atom stereocenters. The van der Waals surface area contributed by atoms with Crippen LogP contribution < -0.4 is 20.3 Å². The number of benzene rings is 1. The molecule has 1 unspecified atom stereocenters. The minimum atomic E-state index is -0.129. The third-order valence-electron chi connectivity index (χ3n) is 5.37. The summed E-state index contributed by atoms with van der Waals surface area (Å²) in [5.74, 6) is 1.82. The fourth-order valence-electron chi connectivity index (χ4n) is 3.48. The van der Waals surface area contributed by atoms with Crippen LogP contribution in [0.25, 0.3) is 0 Å². The number of hydrogen-bond acceptors (Lipinski definition) is 4. The van der Waals surface area contributed by atoms with E-state index in [2.05, 4.69) is 44.8 Å². The molecule has 1 aliphatic carbocycles. The molecule has 0 spiro atoms. The second kappa shape index (κ2) is 8.95. The van der Waals surface area contributed by atoms with Crippen LogP contribution in [0.1, 0.15) is 24.8 Å². The molecule has 2 aliphatic rings. The second-order valence-electron chi connectivity index (χ2n) is 7.76. The number of aromatic nitrogens is 1. The van der Waals surface area contributed by atoms with Crippen molar-refractivity contribution in [1.82, 2.24) is 15.6 Å². The molecule has 2 N–H and O–H groups in total. The molecule has 1 saturated heterocycles. The first-order chi connectivity index (χ1) is 13.8. The zero-order valence-corrected chi connectivity index (χ0v) is 16.1. The molecule has 2 amide bonds. The molecule has 2 heterocycles. The highest BCUT2D eigenvalue weighted by Gasteiger charge is 2.23. The summed E-state index contributed by atoms with van der Waals surface area (Å²) in [5, 5.41) is 5.93. The molecule has 1 aromatic heterocycles. The smallest absolute Gasteiger partial charge is 0.315 e. The van der Waals surface area contributed by atoms with Crippen molar-refractivity contribution in [3.63, 3.8) is 0 Å². The lowest BCUT2D eigenvalue weighted by Crippen LogP contribution is -2.38. The Bertz CT molecular complexity index is 779. The molecular weight excluding hydrogens is 352 g/mol. The lowest BCUT2D eigenvalue weighted by Gasteiger charge is -2.18. The number of nitrogens with one attached hydrogen (secondary N) is 2. The lowest BCUT2D eigenvalue weighted by atomic mass is 10.1. The number of amides is 2. The van der Waals surface area contributed by atoms with E-state index >= 15 is 0 Å². The summed E-state index contributed by atoms with van der Waals surface area (Å²) in [6.07, 6.45) is 5.34. The van der Waals surface area contributed by atoms with Gasteiger partial charge in [-0.1, -0.05) is 18.2 Å². The first kappa shape index (κ1) is 18.6. The normalized spacial score (nSPS) is 18.7. The Hall–Kier alpha value is -2.76. The average molecular weight is 380 g/mol. The Balaban J connectivity index is 1.16. The summed E-state index contributed by atoms with van der Waals surface area (Å²) in [6, 6.07) is 14.1. The Morgan fingerprint density at radius 2 is 1.96 bits per heavy atom. The molecule has 6 heteroatoms. The standard InChI is InChI=1S/C22H28N4O2/c27-22(24-13-18-8-10-23-21(12-18)28-16-17-6-7-17)25-14-19-9-11-26(15-19)20-4-2-1-3-5-20/h1-5,8,10,12,17,19H,6-7,9,11,13-16H2,(H2,24,25,27). The van der Waals surface area contributed by atoms with Crippen molar-refractivity contribution in [1.29, 1.82) is 0 Å². The highest BCUT2D eigenvalue weighted by Crippen LogP contribution is 2.29. The maximum absolute atomic E-state index is 12.2. The number of para-hydroxylation sites is 1. The minimum Gasteiger partial charge on any atom is -0.477 e. The van der Waals surface area contributed by atoms with E-state index in [1.807, 2.05) is 18.2 Å². The molecular formula is C22H28N4O2. The number of nitrogens with zero attached hydrogens (tertiary/aromatic N) is 2. The van der Waals surface area contributed by atoms with Crippen molar-refractivity contribution >= 4 is 11.7 Å². The first-order valence-corrected chi connectivity index (χ1v) is 10.2. The van der Waals surface area contributed by atoms with Crippen LogP contribution in [0.4, 0.5) is 10.5 Å². The number of ether oxygens (including phenoxy) is 1. The van der Waals surface area contributed by atoms with Gasteiger partial charge in [0.25, 0.3) is 0 Å². The van der Waals surface area contributed by atoms with Crippen LogP contribution in [0.5, 0.6) is 5.88 Å². The van der Waals surface area contributed by atoms with E-state index in [-0.39, 0.29) is 6.03 Å². The Labute approximate surface area is 166 Å². The highest BCUT2D eigenvalue weighted by atomic mass is 16.5. The van der Waals surface area contributed by atoms with Crippen molar-refractivity contribution in [3.05, 3.63) is 54.2 Å². The minimum absolute atomic E-state index is 0.129. The summed E-state index contributed by atoms with van der Waals surface area (Å²) in [7, 11) is 0. The van der Waals surface area contributed by atoms with E-state index in [1.165, 1.54) is 18.5 Å². The maximum Gasteiger partial charge on any atom is 0.315 e. The molecule has 0 radical (unpaired) electrons. The number of rotatable bonds is 8. The van der Waals surface area contributed by atoms with Gasteiger partial charge in [0.2, 0.25) is 5.88 Å². The van der Waals surface area contributed by atoms with E-state index in [9.17, 15) is 4.79 Å². The molecule has 0 bridgehead atoms. The molecule has 1 aliphatic heterocycles. The zero-order valence-electron chi connectivity index (χ0n) is 16.1. The predicted octanol–water partition coefficient (Wildman–Crippen LogP) is 3.20. The van der Waals surface area contributed by atoms with Gasteiger partial charge in [-0.3, -0.25) is 0 Å². The molecule has 6 nitrogen and oxygen atoms in total. The van der Waals surface area contributed by atoms with E-state index in [1.54, 1.807) is 6.20 Å². The molecule has 1 saturated carbocycles. The maximum atomic E-state index is 12.2. The SMILES string of the molecule is O=C(NCc1ccnc(OCC2CC2)c1)NCC1CCN(c2ccccc2)C1. The van der Waals surface area contributed by atoms with E-state index in [0.29, 0.717) is 30.8 Å². The van der Waals surface area contributed by atoms with Crippen LogP contribution in [-0.2, 0) is 6.54 Å². The summed E-state index contributed by atoms with van der Waals surface area (Å²) < 4.78 is 5.69. The Morgan fingerprint density at radius 3 is 2.79 bits per heavy atom. The Kier molecular flexibility index (Phi) is 5.95. The quantitative estimate of drug-likeness (QED) is 0.738. The zero-order chi connectivity index (χ0) is 19.2. The van der Waals surface area contributed by atoms with Crippen molar-refractivity contribution in [2.45, 2.75) is 25.8 Å². The van der Waals surface area contributed by atoms with Crippen molar-refractivity contribution in [3.8, 4) is 5.88 Å².